The SMILES string of the molecule is CCC1=C(C)CCCCCC/C(C)=C2\CC/C(=C/CC(CN3C(=O)CCC3=O)CCCCC=C1)C2. The van der Waals surface area contributed by atoms with Gasteiger partial charge in [-0.1, -0.05) is 66.7 Å². The van der Waals surface area contributed by atoms with Gasteiger partial charge >= 0.3 is 0 Å². The molecule has 1 heterocycles. The number of likely N-dealkylation sites (tertiary alicyclic amines) is 1. The predicted molar refractivity (Wildman–Crippen MR) is 147 cm³/mol. The van der Waals surface area contributed by atoms with Gasteiger partial charge in [-0.25, -0.2) is 0 Å². The van der Waals surface area contributed by atoms with Crippen LogP contribution < -0.4 is 0 Å². The molecule has 35 heavy (non-hydrogen) atoms. The number of hydrogen-bond acceptors (Lipinski definition) is 2. The first-order valence-corrected chi connectivity index (χ1v) is 14.5. The Morgan fingerprint density at radius 3 is 2.26 bits per heavy atom. The Morgan fingerprint density at radius 2 is 1.54 bits per heavy atom. The molecule has 1 aliphatic heterocycles. The Hall–Kier alpha value is -1.90. The Balaban J connectivity index is 1.68. The monoisotopic (exact) mass is 479 g/mol. The fourth-order valence-corrected chi connectivity index (χ4v) is 5.96. The van der Waals surface area contributed by atoms with Crippen LogP contribution in [0.5, 0.6) is 0 Å². The van der Waals surface area contributed by atoms with Crippen molar-refractivity contribution in [1.29, 1.82) is 0 Å². The Bertz CT molecular complexity index is 841. The summed E-state index contributed by atoms with van der Waals surface area (Å²) in [5.41, 5.74) is 7.95. The van der Waals surface area contributed by atoms with Crippen LogP contribution in [0.1, 0.15) is 130 Å². The van der Waals surface area contributed by atoms with E-state index in [0.717, 1.165) is 38.5 Å². The van der Waals surface area contributed by atoms with E-state index in [1.54, 1.807) is 27.2 Å². The summed E-state index contributed by atoms with van der Waals surface area (Å²) in [5, 5.41) is 0. The molecule has 1 unspecified atom stereocenters. The van der Waals surface area contributed by atoms with Gasteiger partial charge in [-0.3, -0.25) is 14.5 Å². The largest absolute Gasteiger partial charge is 0.282 e. The third-order valence-corrected chi connectivity index (χ3v) is 8.46. The maximum Gasteiger partial charge on any atom is 0.229 e. The number of carbonyl (C=O) groups is 2. The van der Waals surface area contributed by atoms with Crippen LogP contribution in [0, 0.1) is 5.92 Å². The van der Waals surface area contributed by atoms with Gasteiger partial charge in [0, 0.05) is 19.4 Å². The van der Waals surface area contributed by atoms with Crippen LogP contribution in [0.25, 0.3) is 0 Å². The maximum absolute atomic E-state index is 12.2. The summed E-state index contributed by atoms with van der Waals surface area (Å²) in [6.07, 6.45) is 26.0. The van der Waals surface area contributed by atoms with Crippen LogP contribution in [-0.2, 0) is 9.59 Å². The molecule has 3 rings (SSSR count). The van der Waals surface area contributed by atoms with Crippen LogP contribution in [0.15, 0.2) is 46.1 Å². The normalized spacial score (nSPS) is 28.3. The fourth-order valence-electron chi connectivity index (χ4n) is 5.96. The number of imide groups is 1. The minimum absolute atomic E-state index is 0.0314. The van der Waals surface area contributed by atoms with E-state index in [9.17, 15) is 9.59 Å². The van der Waals surface area contributed by atoms with Crippen molar-refractivity contribution in [1.82, 2.24) is 4.90 Å². The lowest BCUT2D eigenvalue weighted by Crippen LogP contribution is -2.34. The third kappa shape index (κ3) is 8.92. The summed E-state index contributed by atoms with van der Waals surface area (Å²) < 4.78 is 0. The molecule has 1 saturated heterocycles. The molecule has 0 radical (unpaired) electrons. The summed E-state index contributed by atoms with van der Waals surface area (Å²) in [7, 11) is 0. The zero-order chi connectivity index (χ0) is 25.0. The highest BCUT2D eigenvalue weighted by Crippen LogP contribution is 2.34. The third-order valence-electron chi connectivity index (χ3n) is 8.46. The van der Waals surface area contributed by atoms with Gasteiger partial charge < -0.3 is 0 Å². The lowest BCUT2D eigenvalue weighted by molar-refractivity contribution is -0.139. The second-order valence-corrected chi connectivity index (χ2v) is 11.2. The van der Waals surface area contributed by atoms with Crippen molar-refractivity contribution in [3.8, 4) is 0 Å². The molecule has 2 fully saturated rings. The predicted octanol–water partition coefficient (Wildman–Crippen LogP) is 8.77. The van der Waals surface area contributed by atoms with Crippen LogP contribution in [-0.4, -0.2) is 23.3 Å². The highest BCUT2D eigenvalue weighted by Gasteiger charge is 2.30. The van der Waals surface area contributed by atoms with E-state index in [1.165, 1.54) is 63.4 Å². The zero-order valence-corrected chi connectivity index (χ0v) is 22.8. The zero-order valence-electron chi connectivity index (χ0n) is 22.8. The van der Waals surface area contributed by atoms with Crippen LogP contribution in [0.3, 0.4) is 0 Å². The number of fused-ring (bicyclic) bond motifs is 2. The van der Waals surface area contributed by atoms with Crippen LogP contribution >= 0.6 is 0 Å². The first kappa shape index (κ1) is 27.7. The van der Waals surface area contributed by atoms with E-state index >= 15 is 0 Å². The topological polar surface area (TPSA) is 37.4 Å². The van der Waals surface area contributed by atoms with Crippen molar-refractivity contribution in [2.45, 2.75) is 130 Å². The quantitative estimate of drug-likeness (QED) is 0.300. The summed E-state index contributed by atoms with van der Waals surface area (Å²) in [6, 6.07) is 0. The molecule has 0 aromatic heterocycles. The van der Waals surface area contributed by atoms with Crippen molar-refractivity contribution >= 4 is 11.8 Å². The van der Waals surface area contributed by atoms with Crippen molar-refractivity contribution in [3.63, 3.8) is 0 Å². The molecule has 3 heteroatoms. The van der Waals surface area contributed by atoms with Gasteiger partial charge in [-0.15, -0.1) is 0 Å². The summed E-state index contributed by atoms with van der Waals surface area (Å²) in [6.45, 7) is 7.56. The average molecular weight is 480 g/mol. The van der Waals surface area contributed by atoms with Gasteiger partial charge in [0.2, 0.25) is 11.8 Å². The molecule has 2 amide bonds. The summed E-state index contributed by atoms with van der Waals surface area (Å²) in [5.74, 6) is 0.446. The van der Waals surface area contributed by atoms with Gasteiger partial charge in [-0.2, -0.15) is 0 Å². The number of carbonyl (C=O) groups excluding carboxylic acids is 2. The molecule has 0 spiro atoms. The second-order valence-electron chi connectivity index (χ2n) is 11.2. The van der Waals surface area contributed by atoms with Gasteiger partial charge in [0.05, 0.1) is 0 Å². The smallest absolute Gasteiger partial charge is 0.229 e. The molecule has 3 aliphatic rings. The first-order valence-electron chi connectivity index (χ1n) is 14.5. The second kappa shape index (κ2) is 14.6. The summed E-state index contributed by atoms with van der Waals surface area (Å²) >= 11 is 0. The fraction of sp³-hybridized carbons (Fsp3) is 0.688. The van der Waals surface area contributed by atoms with Gasteiger partial charge in [0.15, 0.2) is 0 Å². The first-order chi connectivity index (χ1) is 17.0. The highest BCUT2D eigenvalue weighted by atomic mass is 16.2. The lowest BCUT2D eigenvalue weighted by Gasteiger charge is -2.22. The molecule has 2 aliphatic carbocycles. The Kier molecular flexibility index (Phi) is 11.6. The maximum atomic E-state index is 12.2. The van der Waals surface area contributed by atoms with E-state index < -0.39 is 0 Å². The van der Waals surface area contributed by atoms with E-state index in [4.69, 9.17) is 0 Å². The molecule has 3 nitrogen and oxygen atoms in total. The van der Waals surface area contributed by atoms with Gasteiger partial charge in [0.25, 0.3) is 0 Å². The van der Waals surface area contributed by atoms with Crippen LogP contribution in [0.2, 0.25) is 0 Å². The van der Waals surface area contributed by atoms with E-state index in [-0.39, 0.29) is 11.8 Å². The number of rotatable bonds is 3. The van der Waals surface area contributed by atoms with Gasteiger partial charge in [0.1, 0.15) is 0 Å². The Labute approximate surface area is 214 Å². The molecule has 2 bridgehead atoms. The minimum atomic E-state index is 0.0314. The molecular weight excluding hydrogens is 430 g/mol. The highest BCUT2D eigenvalue weighted by molar-refractivity contribution is 6.01. The molecule has 1 atom stereocenters. The molecule has 1 saturated carbocycles. The number of allylic oxidation sites excluding steroid dienone is 8. The summed E-state index contributed by atoms with van der Waals surface area (Å²) in [4.78, 5) is 26.0. The van der Waals surface area contributed by atoms with Crippen molar-refractivity contribution in [3.05, 3.63) is 46.1 Å². The number of nitrogens with zero attached hydrogens (tertiary/aromatic N) is 1. The standard InChI is InChI=1S/C32H49NO2/c1-4-29-16-12-8-7-11-15-28(24-33-31(34)21-22-32(33)35)18-17-27-19-20-30(23-27)26(3)14-10-6-5-9-13-25(29)2/h12,16-17,28H,4-11,13-15,18-24H2,1-3H3/b16-12?,27-17-,29-25?,30-26+. The van der Waals surface area contributed by atoms with Crippen molar-refractivity contribution in [2.24, 2.45) is 5.92 Å². The Morgan fingerprint density at radius 1 is 0.829 bits per heavy atom. The number of amides is 2. The molecule has 0 aromatic rings. The van der Waals surface area contributed by atoms with Gasteiger partial charge in [-0.05, 0) is 102 Å². The van der Waals surface area contributed by atoms with Crippen LogP contribution in [0.4, 0.5) is 0 Å². The van der Waals surface area contributed by atoms with E-state index in [0.29, 0.717) is 25.3 Å². The number of hydrogen-bond donors (Lipinski definition) is 0. The van der Waals surface area contributed by atoms with E-state index in [1.807, 2.05) is 0 Å². The van der Waals surface area contributed by atoms with Crippen molar-refractivity contribution < 1.29 is 9.59 Å². The molecule has 0 N–H and O–H groups in total. The molecular formula is C32H49NO2. The van der Waals surface area contributed by atoms with Crippen molar-refractivity contribution in [2.75, 3.05) is 6.54 Å². The van der Waals surface area contributed by atoms with E-state index in [2.05, 4.69) is 39.0 Å². The molecule has 0 aromatic carbocycles. The minimum Gasteiger partial charge on any atom is -0.282 e. The average Bonchev–Trinajstić information content (AvgIpc) is 3.45. The molecule has 194 valence electrons. The lowest BCUT2D eigenvalue weighted by atomic mass is 9.95.